The molecule has 1 aliphatic heterocycles. The molecule has 0 spiro atoms. The van der Waals surface area contributed by atoms with Gasteiger partial charge in [-0.25, -0.2) is 4.79 Å². The summed E-state index contributed by atoms with van der Waals surface area (Å²) in [5.41, 5.74) is 2.33. The van der Waals surface area contributed by atoms with Gasteiger partial charge in [0, 0.05) is 11.8 Å². The number of hydrogen-bond acceptors (Lipinski definition) is 4. The summed E-state index contributed by atoms with van der Waals surface area (Å²) >= 11 is 0. The molecule has 1 fully saturated rings. The summed E-state index contributed by atoms with van der Waals surface area (Å²) in [6.45, 7) is 7.55. The Kier molecular flexibility index (Phi) is 5.19. The van der Waals surface area contributed by atoms with E-state index in [0.29, 0.717) is 0 Å². The lowest BCUT2D eigenvalue weighted by atomic mass is 9.94. The second-order valence-electron chi connectivity index (χ2n) is 7.43. The fraction of sp³-hybridized carbons (Fsp3) is 0.429. The number of esters is 1. The Balaban J connectivity index is 2.03. The molecule has 4 heteroatoms. The van der Waals surface area contributed by atoms with Crippen molar-refractivity contribution in [2.45, 2.75) is 45.3 Å². The molecule has 0 saturated carbocycles. The zero-order valence-electron chi connectivity index (χ0n) is 15.2. The average Bonchev–Trinajstić information content (AvgIpc) is 3.09. The number of carbonyl (C=O) groups is 1. The van der Waals surface area contributed by atoms with Gasteiger partial charge in [0.15, 0.2) is 0 Å². The van der Waals surface area contributed by atoms with E-state index in [9.17, 15) is 4.79 Å². The molecule has 1 radical (unpaired) electrons. The van der Waals surface area contributed by atoms with Crippen molar-refractivity contribution in [2.24, 2.45) is 0 Å². The highest BCUT2D eigenvalue weighted by Gasteiger charge is 2.34. The third-order valence-corrected chi connectivity index (χ3v) is 4.29. The number of likely N-dealkylation sites (tertiary alicyclic amines) is 1. The Morgan fingerprint density at radius 2 is 1.88 bits per heavy atom. The molecule has 1 aliphatic rings. The molecule has 0 amide bonds. The summed E-state index contributed by atoms with van der Waals surface area (Å²) in [7, 11) is 0. The molecule has 2 heterocycles. The Bertz CT molecular complexity index is 716. The van der Waals surface area contributed by atoms with E-state index in [-0.39, 0.29) is 5.97 Å². The molecule has 2 aromatic rings. The predicted octanol–water partition coefficient (Wildman–Crippen LogP) is 4.03. The van der Waals surface area contributed by atoms with Crippen LogP contribution >= 0.6 is 0 Å². The molecule has 1 aromatic carbocycles. The van der Waals surface area contributed by atoms with Crippen molar-refractivity contribution in [3.05, 3.63) is 54.4 Å². The lowest BCUT2D eigenvalue weighted by molar-refractivity contribution is -0.161. The summed E-state index contributed by atoms with van der Waals surface area (Å²) in [4.78, 5) is 19.4. The van der Waals surface area contributed by atoms with Crippen LogP contribution in [0.1, 0.15) is 45.2 Å². The van der Waals surface area contributed by atoms with Gasteiger partial charge in [-0.15, -0.1) is 0 Å². The van der Waals surface area contributed by atoms with Crippen LogP contribution in [0.4, 0.5) is 0 Å². The molecule has 1 atom stereocenters. The molecule has 3 rings (SSSR count). The smallest absolute Gasteiger partial charge is 0.328 e. The zero-order chi connectivity index (χ0) is 17.9. The fourth-order valence-corrected chi connectivity index (χ4v) is 3.29. The average molecular weight is 337 g/mol. The van der Waals surface area contributed by atoms with Crippen molar-refractivity contribution in [3.63, 3.8) is 0 Å². The number of hydrogen-bond donors (Lipinski definition) is 0. The molecule has 1 aromatic heterocycles. The summed E-state index contributed by atoms with van der Waals surface area (Å²) in [5.74, 6) is -0.189. The maximum absolute atomic E-state index is 13.0. The Morgan fingerprint density at radius 1 is 1.16 bits per heavy atom. The van der Waals surface area contributed by atoms with Crippen molar-refractivity contribution >= 4 is 5.97 Å². The van der Waals surface area contributed by atoms with Crippen molar-refractivity contribution in [3.8, 4) is 11.1 Å². The van der Waals surface area contributed by atoms with E-state index in [1.54, 1.807) is 6.20 Å². The highest BCUT2D eigenvalue weighted by atomic mass is 16.6. The second-order valence-corrected chi connectivity index (χ2v) is 7.43. The molecule has 0 aliphatic carbocycles. The number of nitrogens with zero attached hydrogens (tertiary/aromatic N) is 2. The van der Waals surface area contributed by atoms with Crippen LogP contribution in [0.2, 0.25) is 0 Å². The Hall–Kier alpha value is -2.20. The first-order valence-corrected chi connectivity index (χ1v) is 8.84. The summed E-state index contributed by atoms with van der Waals surface area (Å²) < 4.78 is 5.75. The summed E-state index contributed by atoms with van der Waals surface area (Å²) in [6, 6.07) is 11.5. The van der Waals surface area contributed by atoms with Gasteiger partial charge in [0.1, 0.15) is 11.6 Å². The van der Waals surface area contributed by atoms with Gasteiger partial charge < -0.3 is 4.74 Å². The number of ether oxygens (including phenoxy) is 1. The largest absolute Gasteiger partial charge is 0.459 e. The summed E-state index contributed by atoms with van der Waals surface area (Å²) in [5, 5.41) is 0. The van der Waals surface area contributed by atoms with Crippen LogP contribution in [0.5, 0.6) is 0 Å². The van der Waals surface area contributed by atoms with Gasteiger partial charge in [-0.2, -0.15) is 0 Å². The predicted molar refractivity (Wildman–Crippen MR) is 97.9 cm³/mol. The fourth-order valence-electron chi connectivity index (χ4n) is 3.29. The van der Waals surface area contributed by atoms with Crippen molar-refractivity contribution in [1.29, 1.82) is 0 Å². The van der Waals surface area contributed by atoms with E-state index in [2.05, 4.69) is 16.1 Å². The van der Waals surface area contributed by atoms with E-state index in [0.717, 1.165) is 42.6 Å². The minimum Gasteiger partial charge on any atom is -0.459 e. The van der Waals surface area contributed by atoms with E-state index in [1.165, 1.54) is 0 Å². The first-order chi connectivity index (χ1) is 12.0. The zero-order valence-corrected chi connectivity index (χ0v) is 15.2. The standard InChI is InChI=1S/C21H25N2O2/c1-21(2,3)25-20(24)19(23-13-6-7-14-23)18-11-5-4-10-17(18)16-9-8-12-22-15-16/h4-5,8-12,19H,6-7,13-14H2,1-3H3. The normalized spacial score (nSPS) is 16.6. The first kappa shape index (κ1) is 17.6. The Morgan fingerprint density at radius 3 is 2.52 bits per heavy atom. The van der Waals surface area contributed by atoms with Gasteiger partial charge in [0.25, 0.3) is 0 Å². The van der Waals surface area contributed by atoms with E-state index < -0.39 is 11.6 Å². The second kappa shape index (κ2) is 7.36. The minimum absolute atomic E-state index is 0.189. The number of aromatic nitrogens is 1. The van der Waals surface area contributed by atoms with Crippen molar-refractivity contribution < 1.29 is 9.53 Å². The molecule has 0 N–H and O–H groups in total. The SMILES string of the molecule is CC(C)(C)OC(=O)C(c1ccccc1-c1[c]nccc1)N1CCCC1. The number of pyridine rings is 1. The molecule has 0 bridgehead atoms. The molecule has 1 unspecified atom stereocenters. The minimum atomic E-state index is -0.509. The molecule has 131 valence electrons. The topological polar surface area (TPSA) is 42.4 Å². The highest BCUT2D eigenvalue weighted by molar-refractivity contribution is 5.82. The van der Waals surface area contributed by atoms with Gasteiger partial charge in [0.2, 0.25) is 0 Å². The third kappa shape index (κ3) is 4.26. The van der Waals surface area contributed by atoms with Crippen LogP contribution in [-0.4, -0.2) is 34.5 Å². The van der Waals surface area contributed by atoms with Crippen LogP contribution in [0.15, 0.2) is 42.6 Å². The number of rotatable bonds is 4. The lowest BCUT2D eigenvalue weighted by Crippen LogP contribution is -2.37. The molecular weight excluding hydrogens is 312 g/mol. The quantitative estimate of drug-likeness (QED) is 0.790. The van der Waals surface area contributed by atoms with Crippen molar-refractivity contribution in [2.75, 3.05) is 13.1 Å². The van der Waals surface area contributed by atoms with E-state index in [1.807, 2.05) is 57.2 Å². The monoisotopic (exact) mass is 337 g/mol. The Labute approximate surface area is 149 Å². The van der Waals surface area contributed by atoms with Gasteiger partial charge >= 0.3 is 5.97 Å². The highest BCUT2D eigenvalue weighted by Crippen LogP contribution is 2.34. The van der Waals surface area contributed by atoms with Gasteiger partial charge in [0.05, 0.1) is 6.20 Å². The lowest BCUT2D eigenvalue weighted by Gasteiger charge is -2.31. The van der Waals surface area contributed by atoms with Crippen LogP contribution < -0.4 is 0 Å². The van der Waals surface area contributed by atoms with Crippen LogP contribution in [0.25, 0.3) is 11.1 Å². The van der Waals surface area contributed by atoms with Crippen LogP contribution in [0.3, 0.4) is 0 Å². The number of carbonyl (C=O) groups excluding carboxylic acids is 1. The summed E-state index contributed by atoms with van der Waals surface area (Å²) in [6.07, 6.45) is 6.97. The van der Waals surface area contributed by atoms with Gasteiger partial charge in [-0.1, -0.05) is 30.3 Å². The van der Waals surface area contributed by atoms with Gasteiger partial charge in [-0.3, -0.25) is 9.88 Å². The van der Waals surface area contributed by atoms with E-state index >= 15 is 0 Å². The van der Waals surface area contributed by atoms with Gasteiger partial charge in [-0.05, 0) is 63.9 Å². The maximum Gasteiger partial charge on any atom is 0.328 e. The van der Waals surface area contributed by atoms with Crippen molar-refractivity contribution in [1.82, 2.24) is 9.88 Å². The maximum atomic E-state index is 13.0. The molecule has 1 saturated heterocycles. The number of benzene rings is 1. The van der Waals surface area contributed by atoms with Crippen LogP contribution in [0, 0.1) is 6.20 Å². The molecule has 4 nitrogen and oxygen atoms in total. The van der Waals surface area contributed by atoms with E-state index in [4.69, 9.17) is 4.74 Å². The molecular formula is C21H25N2O2. The molecule has 25 heavy (non-hydrogen) atoms. The van der Waals surface area contributed by atoms with Crippen LogP contribution in [-0.2, 0) is 9.53 Å². The first-order valence-electron chi connectivity index (χ1n) is 8.84. The third-order valence-electron chi connectivity index (χ3n) is 4.29.